The van der Waals surface area contributed by atoms with Crippen LogP contribution >= 0.6 is 0 Å². The van der Waals surface area contributed by atoms with E-state index >= 15 is 0 Å². The maximum atomic E-state index is 14.2. The molecule has 2 saturated heterocycles. The van der Waals surface area contributed by atoms with Crippen molar-refractivity contribution in [1.29, 1.82) is 0 Å². The highest BCUT2D eigenvalue weighted by molar-refractivity contribution is 5.91. The summed E-state index contributed by atoms with van der Waals surface area (Å²) in [5, 5.41) is 74.0. The highest BCUT2D eigenvalue weighted by atomic mass is 16.8. The third-order valence-corrected chi connectivity index (χ3v) is 8.37. The molecule has 47 heavy (non-hydrogen) atoms. The van der Waals surface area contributed by atoms with Gasteiger partial charge in [0.05, 0.1) is 19.3 Å². The first-order valence-electron chi connectivity index (χ1n) is 15.1. The van der Waals surface area contributed by atoms with Crippen molar-refractivity contribution in [2.24, 2.45) is 0 Å². The number of hydrogen-bond acceptors (Lipinski definition) is 14. The number of aliphatic hydroxyl groups is 5. The van der Waals surface area contributed by atoms with Crippen molar-refractivity contribution in [2.75, 3.05) is 7.11 Å². The molecular formula is C33H40O14. The summed E-state index contributed by atoms with van der Waals surface area (Å²) in [6, 6.07) is 7.43. The number of ether oxygens (including phenoxy) is 5. The number of aliphatic hydroxyl groups excluding tert-OH is 5. The summed E-state index contributed by atoms with van der Waals surface area (Å²) in [4.78, 5) is 14.2. The van der Waals surface area contributed by atoms with E-state index in [1.54, 1.807) is 24.3 Å². The molecule has 5 rings (SSSR count). The number of phenols is 2. The van der Waals surface area contributed by atoms with E-state index in [0.29, 0.717) is 11.3 Å². The minimum Gasteiger partial charge on any atom is -0.507 e. The van der Waals surface area contributed by atoms with Crippen LogP contribution in [0.4, 0.5) is 0 Å². The lowest BCUT2D eigenvalue weighted by Gasteiger charge is -2.45. The van der Waals surface area contributed by atoms with Gasteiger partial charge in [-0.2, -0.15) is 0 Å². The van der Waals surface area contributed by atoms with Gasteiger partial charge in [0.2, 0.25) is 17.5 Å². The Morgan fingerprint density at radius 2 is 1.47 bits per heavy atom. The SMILES string of the molecule is COc1ccc(-c2oc3c(CC=C(C)C)c(O)cc(O)c3c(=O)c2O[C@@H]2O[C@H](C)[C@H](O)[C@@H](O)[C@H]2O[C@@H]2O[C@H](C)[C@H](O)[C@@H](O)[C@H]2O)cc1. The van der Waals surface area contributed by atoms with E-state index in [1.165, 1.54) is 21.0 Å². The molecule has 7 N–H and O–H groups in total. The fraction of sp³-hybridized carbons (Fsp3) is 0.485. The quantitative estimate of drug-likeness (QED) is 0.170. The van der Waals surface area contributed by atoms with E-state index in [9.17, 15) is 40.5 Å². The standard InChI is InChI=1S/C33H40O14/c1-13(2)6-11-18-19(34)12-20(35)21-24(38)30(28(45-29(18)21)16-7-9-17(42-5)10-8-16)46-33-31(26(40)23(37)15(4)44-33)47-32-27(41)25(39)22(36)14(3)43-32/h6-10,12,14-15,22-23,25-27,31-37,39-41H,11H2,1-5H3/t14-,15-,22+,23+,25-,26-,27-,31-,32+,33+/m1/s1. The van der Waals surface area contributed by atoms with Crippen LogP contribution in [0.25, 0.3) is 22.3 Å². The summed E-state index contributed by atoms with van der Waals surface area (Å²) < 4.78 is 34.9. The lowest BCUT2D eigenvalue weighted by atomic mass is 9.98. The molecule has 0 bridgehead atoms. The molecule has 3 heterocycles. The monoisotopic (exact) mass is 660 g/mol. The molecule has 1 aromatic heterocycles. The zero-order chi connectivity index (χ0) is 34.3. The van der Waals surface area contributed by atoms with Crippen molar-refractivity contribution >= 4 is 11.0 Å². The molecule has 3 aromatic rings. The van der Waals surface area contributed by atoms with Crippen LogP contribution in [-0.2, 0) is 20.6 Å². The van der Waals surface area contributed by atoms with Gasteiger partial charge >= 0.3 is 0 Å². The molecule has 2 fully saturated rings. The van der Waals surface area contributed by atoms with Crippen molar-refractivity contribution in [3.05, 3.63) is 57.8 Å². The van der Waals surface area contributed by atoms with Crippen molar-refractivity contribution in [3.8, 4) is 34.3 Å². The number of fused-ring (bicyclic) bond motifs is 1. The van der Waals surface area contributed by atoms with Crippen LogP contribution < -0.4 is 14.9 Å². The van der Waals surface area contributed by atoms with Crippen LogP contribution in [0.1, 0.15) is 33.3 Å². The lowest BCUT2D eigenvalue weighted by molar-refractivity contribution is -0.352. The van der Waals surface area contributed by atoms with Gasteiger partial charge in [-0.05, 0) is 58.4 Å². The summed E-state index contributed by atoms with van der Waals surface area (Å²) in [5.41, 5.74) is 0.546. The Labute approximate surface area is 269 Å². The first-order valence-corrected chi connectivity index (χ1v) is 15.1. The van der Waals surface area contributed by atoms with Crippen LogP contribution in [0.5, 0.6) is 23.0 Å². The molecule has 10 atom stereocenters. The average Bonchev–Trinajstić information content (AvgIpc) is 3.03. The van der Waals surface area contributed by atoms with Gasteiger partial charge in [0.15, 0.2) is 18.2 Å². The number of allylic oxidation sites excluding steroid dienone is 2. The second kappa shape index (κ2) is 13.8. The Bertz CT molecular complexity index is 1660. The van der Waals surface area contributed by atoms with E-state index < -0.39 is 78.3 Å². The first-order chi connectivity index (χ1) is 22.2. The number of hydrogen-bond donors (Lipinski definition) is 7. The largest absolute Gasteiger partial charge is 0.507 e. The van der Waals surface area contributed by atoms with Crippen molar-refractivity contribution in [3.63, 3.8) is 0 Å². The van der Waals surface area contributed by atoms with Crippen LogP contribution in [0, 0.1) is 0 Å². The summed E-state index contributed by atoms with van der Waals surface area (Å²) in [5.74, 6) is -0.987. The lowest BCUT2D eigenvalue weighted by Crippen LogP contribution is -2.63. The third kappa shape index (κ3) is 6.68. The average molecular weight is 661 g/mol. The third-order valence-electron chi connectivity index (χ3n) is 8.37. The smallest absolute Gasteiger partial charge is 0.239 e. The zero-order valence-electron chi connectivity index (χ0n) is 26.4. The van der Waals surface area contributed by atoms with Gasteiger partial charge in [-0.25, -0.2) is 0 Å². The highest BCUT2D eigenvalue weighted by Crippen LogP contribution is 2.41. The molecule has 2 aliphatic rings. The second-order valence-electron chi connectivity index (χ2n) is 12.0. The Balaban J connectivity index is 1.65. The Hall–Kier alpha value is -3.73. The van der Waals surface area contributed by atoms with E-state index in [0.717, 1.165) is 11.6 Å². The van der Waals surface area contributed by atoms with E-state index in [4.69, 9.17) is 28.1 Å². The Morgan fingerprint density at radius 3 is 2.09 bits per heavy atom. The van der Waals surface area contributed by atoms with Gasteiger partial charge in [-0.15, -0.1) is 0 Å². The molecule has 2 aromatic carbocycles. The zero-order valence-corrected chi connectivity index (χ0v) is 26.4. The van der Waals surface area contributed by atoms with Gasteiger partial charge in [0, 0.05) is 17.2 Å². The molecule has 256 valence electrons. The molecule has 2 aliphatic heterocycles. The first kappa shape index (κ1) is 34.6. The molecule has 0 radical (unpaired) electrons. The topological polar surface area (TPSA) is 218 Å². The maximum absolute atomic E-state index is 14.2. The molecule has 0 aliphatic carbocycles. The predicted molar refractivity (Wildman–Crippen MR) is 165 cm³/mol. The fourth-order valence-electron chi connectivity index (χ4n) is 5.55. The van der Waals surface area contributed by atoms with Gasteiger partial charge in [0.1, 0.15) is 58.7 Å². The van der Waals surface area contributed by atoms with Gasteiger partial charge in [0.25, 0.3) is 0 Å². The molecule has 0 amide bonds. The van der Waals surface area contributed by atoms with Crippen molar-refractivity contribution in [1.82, 2.24) is 0 Å². The fourth-order valence-corrected chi connectivity index (χ4v) is 5.55. The second-order valence-corrected chi connectivity index (χ2v) is 12.0. The molecule has 14 heteroatoms. The van der Waals surface area contributed by atoms with E-state index in [-0.39, 0.29) is 34.5 Å². The van der Waals surface area contributed by atoms with Gasteiger partial charge in [-0.3, -0.25) is 4.79 Å². The minimum absolute atomic E-state index is 0.0929. The van der Waals surface area contributed by atoms with Crippen LogP contribution in [0.15, 0.2) is 51.2 Å². The Morgan fingerprint density at radius 1 is 0.851 bits per heavy atom. The maximum Gasteiger partial charge on any atom is 0.239 e. The molecule has 0 spiro atoms. The summed E-state index contributed by atoms with van der Waals surface area (Å²) in [6.07, 6.45) is -13.0. The summed E-state index contributed by atoms with van der Waals surface area (Å²) >= 11 is 0. The number of phenolic OH excluding ortho intramolecular Hbond substituents is 2. The number of aromatic hydroxyl groups is 2. The number of benzene rings is 2. The number of methoxy groups -OCH3 is 1. The normalized spacial score (nSPS) is 31.0. The van der Waals surface area contributed by atoms with Crippen LogP contribution in [0.3, 0.4) is 0 Å². The molecule has 0 unspecified atom stereocenters. The molecule has 0 saturated carbocycles. The van der Waals surface area contributed by atoms with Crippen LogP contribution in [0.2, 0.25) is 0 Å². The number of rotatable bonds is 8. The minimum atomic E-state index is -1.77. The van der Waals surface area contributed by atoms with Crippen LogP contribution in [-0.4, -0.2) is 104 Å². The van der Waals surface area contributed by atoms with Gasteiger partial charge in [-0.1, -0.05) is 11.6 Å². The predicted octanol–water partition coefficient (Wildman–Crippen LogP) is 1.45. The van der Waals surface area contributed by atoms with Gasteiger partial charge < -0.3 is 63.8 Å². The molecule has 14 nitrogen and oxygen atoms in total. The Kier molecular flexibility index (Phi) is 10.1. The van der Waals surface area contributed by atoms with E-state index in [2.05, 4.69) is 0 Å². The summed E-state index contributed by atoms with van der Waals surface area (Å²) in [6.45, 7) is 6.61. The van der Waals surface area contributed by atoms with Crippen molar-refractivity contribution < 1.29 is 63.8 Å². The summed E-state index contributed by atoms with van der Waals surface area (Å²) in [7, 11) is 1.48. The van der Waals surface area contributed by atoms with E-state index in [1.807, 2.05) is 19.9 Å². The highest BCUT2D eigenvalue weighted by Gasteiger charge is 2.50. The van der Waals surface area contributed by atoms with Crippen molar-refractivity contribution in [2.45, 2.75) is 95.5 Å². The molecular weight excluding hydrogens is 620 g/mol.